The Balaban J connectivity index is 0.000000576. The lowest BCUT2D eigenvalue weighted by Crippen LogP contribution is -2.02. The third kappa shape index (κ3) is 14.1. The van der Waals surface area contributed by atoms with E-state index < -0.39 is 0 Å². The second-order valence-electron chi connectivity index (χ2n) is 8.64. The Labute approximate surface area is 189 Å². The second kappa shape index (κ2) is 19.0. The van der Waals surface area contributed by atoms with E-state index in [2.05, 4.69) is 18.8 Å². The highest BCUT2D eigenvalue weighted by Crippen LogP contribution is 2.13. The highest BCUT2D eigenvalue weighted by molar-refractivity contribution is 5.77. The van der Waals surface area contributed by atoms with Crippen molar-refractivity contribution in [2.45, 2.75) is 124 Å². The zero-order valence-corrected chi connectivity index (χ0v) is 20.5. The largest absolute Gasteiger partial charge is 0.408 e. The first kappa shape index (κ1) is 29.3. The molecule has 2 aromatic rings. The van der Waals surface area contributed by atoms with Gasteiger partial charge in [-0.1, -0.05) is 116 Å². The molecule has 0 aliphatic heterocycles. The van der Waals surface area contributed by atoms with Gasteiger partial charge in [0.25, 0.3) is 0 Å². The van der Waals surface area contributed by atoms with Gasteiger partial charge in [-0.2, -0.15) is 0 Å². The molecule has 1 heterocycles. The molecule has 0 aliphatic rings. The molecule has 0 saturated heterocycles. The maximum Gasteiger partial charge on any atom is 0.346 e. The molecule has 1 aromatic heterocycles. The normalized spacial score (nSPS) is 10.5. The zero-order chi connectivity index (χ0) is 22.0. The Bertz CT molecular complexity index is 722. The number of aromatic nitrogens is 1. The van der Waals surface area contributed by atoms with Crippen molar-refractivity contribution in [3.63, 3.8) is 0 Å². The minimum atomic E-state index is -0.317. The summed E-state index contributed by atoms with van der Waals surface area (Å²) >= 11 is 0. The van der Waals surface area contributed by atoms with Gasteiger partial charge in [-0.15, -0.1) is 0 Å². The third-order valence-corrected chi connectivity index (χ3v) is 5.60. The molecule has 0 unspecified atom stereocenters. The van der Waals surface area contributed by atoms with Crippen molar-refractivity contribution in [3.8, 4) is 0 Å². The fraction of sp³-hybridized carbons (Fsp3) is 0.704. The number of halogens is 1. The Morgan fingerprint density at radius 3 is 1.55 bits per heavy atom. The maximum atomic E-state index is 11.3. The number of fused-ring (bicyclic) bond motifs is 1. The van der Waals surface area contributed by atoms with E-state index in [1.54, 1.807) is 13.0 Å². The molecule has 0 amide bonds. The molecule has 31 heavy (non-hydrogen) atoms. The van der Waals surface area contributed by atoms with Gasteiger partial charge < -0.3 is 4.42 Å². The highest BCUT2D eigenvalue weighted by Gasteiger charge is 2.02. The van der Waals surface area contributed by atoms with Crippen LogP contribution in [0, 0.1) is 13.8 Å². The van der Waals surface area contributed by atoms with Crippen LogP contribution in [0.4, 0.5) is 4.70 Å². The van der Waals surface area contributed by atoms with E-state index >= 15 is 0 Å². The maximum absolute atomic E-state index is 11.3. The van der Waals surface area contributed by atoms with E-state index in [0.29, 0.717) is 16.8 Å². The summed E-state index contributed by atoms with van der Waals surface area (Å²) in [4.78, 5) is 15.4. The van der Waals surface area contributed by atoms with Crippen molar-refractivity contribution in [1.82, 2.24) is 4.98 Å². The summed E-state index contributed by atoms with van der Waals surface area (Å²) < 4.78 is 4.86. The minimum Gasteiger partial charge on any atom is -0.408 e. The van der Waals surface area contributed by atoms with Crippen LogP contribution in [-0.2, 0) is 0 Å². The van der Waals surface area contributed by atoms with Crippen LogP contribution in [0.2, 0.25) is 0 Å². The van der Waals surface area contributed by atoms with Crippen LogP contribution in [-0.4, -0.2) is 4.98 Å². The van der Waals surface area contributed by atoms with Gasteiger partial charge in [0, 0.05) is 6.92 Å². The number of unbranched alkanes of at least 4 members (excludes halogenated alkanes) is 14. The first-order valence-electron chi connectivity index (χ1n) is 12.5. The molecule has 0 fully saturated rings. The third-order valence-electron chi connectivity index (χ3n) is 5.60. The number of benzene rings is 1. The molecule has 0 N–H and O–H groups in total. The number of rotatable bonds is 14. The quantitative estimate of drug-likeness (QED) is 0.278. The average Bonchev–Trinajstić information content (AvgIpc) is 2.71. The lowest BCUT2D eigenvalue weighted by atomic mass is 10.0. The summed E-state index contributed by atoms with van der Waals surface area (Å²) in [7, 11) is 0. The average molecular weight is 436 g/mol. The summed E-state index contributed by atoms with van der Waals surface area (Å²) in [6.07, 6.45) is 21.9. The summed E-state index contributed by atoms with van der Waals surface area (Å²) in [5, 5.41) is 0.538. The lowest BCUT2D eigenvalue weighted by molar-refractivity contribution is 0.467. The highest BCUT2D eigenvalue weighted by atomic mass is 19.0. The smallest absolute Gasteiger partial charge is 0.346 e. The number of aryl methyl sites for hydroxylation is 2. The van der Waals surface area contributed by atoms with Gasteiger partial charge >= 0.3 is 5.63 Å². The molecule has 0 aliphatic carbocycles. The molecule has 4 heteroatoms. The molecule has 0 atom stereocenters. The molecule has 2 rings (SSSR count). The summed E-state index contributed by atoms with van der Waals surface area (Å²) in [5.74, 6) is 0.406. The van der Waals surface area contributed by atoms with Crippen molar-refractivity contribution in [2.24, 2.45) is 0 Å². The summed E-state index contributed by atoms with van der Waals surface area (Å²) in [5.41, 5.74) is 1.47. The van der Waals surface area contributed by atoms with E-state index in [-0.39, 0.29) is 10.3 Å². The van der Waals surface area contributed by atoms with E-state index in [0.717, 1.165) is 5.56 Å². The second-order valence-corrected chi connectivity index (χ2v) is 8.64. The standard InChI is InChI=1S/C17H36.C10H9NO2.FH/c1-3-5-7-9-11-13-15-17-16-14-12-10-8-6-4-2;1-6-3-4-8-9(5-6)11-7(2)13-10(8)12;/h3-17H2,1-2H3;3-5H,1-2H3;1H. The predicted octanol–water partition coefficient (Wildman–Crippen LogP) is 8.84. The molecule has 0 radical (unpaired) electrons. The van der Waals surface area contributed by atoms with Crippen LogP contribution in [0.3, 0.4) is 0 Å². The van der Waals surface area contributed by atoms with Gasteiger partial charge in [-0.3, -0.25) is 4.70 Å². The van der Waals surface area contributed by atoms with Crippen LogP contribution in [0.15, 0.2) is 27.4 Å². The van der Waals surface area contributed by atoms with Crippen LogP contribution in [0.5, 0.6) is 0 Å². The van der Waals surface area contributed by atoms with Crippen molar-refractivity contribution in [3.05, 3.63) is 40.1 Å². The molecular formula is C27H46FNO2. The number of nitrogens with zero attached hydrogens (tertiary/aromatic N) is 1. The monoisotopic (exact) mass is 435 g/mol. The van der Waals surface area contributed by atoms with Gasteiger partial charge in [-0.25, -0.2) is 9.78 Å². The Morgan fingerprint density at radius 2 is 1.13 bits per heavy atom. The lowest BCUT2D eigenvalue weighted by Gasteiger charge is -2.02. The van der Waals surface area contributed by atoms with E-state index in [9.17, 15) is 4.79 Å². The van der Waals surface area contributed by atoms with Crippen molar-refractivity contribution >= 4 is 10.9 Å². The molecule has 3 nitrogen and oxygen atoms in total. The fourth-order valence-electron chi connectivity index (χ4n) is 3.73. The van der Waals surface area contributed by atoms with Gasteiger partial charge in [0.15, 0.2) is 5.89 Å². The van der Waals surface area contributed by atoms with Gasteiger partial charge in [0.05, 0.1) is 10.9 Å². The Kier molecular flexibility index (Phi) is 18.0. The van der Waals surface area contributed by atoms with E-state index in [4.69, 9.17) is 4.42 Å². The number of hydrogen-bond donors (Lipinski definition) is 0. The molecule has 0 bridgehead atoms. The SMILES string of the molecule is CCCCCCCCCCCCCCCCC.Cc1ccc2c(=O)oc(C)nc2c1.F. The fourth-order valence-corrected chi connectivity index (χ4v) is 3.73. The van der Waals surface area contributed by atoms with Crippen LogP contribution >= 0.6 is 0 Å². The molecule has 0 spiro atoms. The Hall–Kier alpha value is -1.71. The van der Waals surface area contributed by atoms with Crippen LogP contribution in [0.1, 0.15) is 122 Å². The molecular weight excluding hydrogens is 389 g/mol. The zero-order valence-electron chi connectivity index (χ0n) is 20.5. The molecule has 0 saturated carbocycles. The summed E-state index contributed by atoms with van der Waals surface area (Å²) in [6, 6.07) is 5.48. The minimum absolute atomic E-state index is 0. The van der Waals surface area contributed by atoms with Gasteiger partial charge in [0.1, 0.15) is 0 Å². The van der Waals surface area contributed by atoms with Gasteiger partial charge in [-0.05, 0) is 24.6 Å². The van der Waals surface area contributed by atoms with Crippen molar-refractivity contribution in [1.29, 1.82) is 0 Å². The van der Waals surface area contributed by atoms with Gasteiger partial charge in [0.2, 0.25) is 0 Å². The first-order chi connectivity index (χ1) is 14.6. The van der Waals surface area contributed by atoms with Crippen molar-refractivity contribution in [2.75, 3.05) is 0 Å². The van der Waals surface area contributed by atoms with E-state index in [1.807, 2.05) is 19.1 Å². The van der Waals surface area contributed by atoms with Crippen LogP contribution in [0.25, 0.3) is 10.9 Å². The topological polar surface area (TPSA) is 43.1 Å². The Morgan fingerprint density at radius 1 is 0.710 bits per heavy atom. The number of hydrogen-bond acceptors (Lipinski definition) is 3. The van der Waals surface area contributed by atoms with Crippen molar-refractivity contribution < 1.29 is 9.12 Å². The predicted molar refractivity (Wildman–Crippen MR) is 133 cm³/mol. The van der Waals surface area contributed by atoms with Crippen LogP contribution < -0.4 is 5.63 Å². The molecule has 178 valence electrons. The summed E-state index contributed by atoms with van der Waals surface area (Å²) in [6.45, 7) is 8.22. The first-order valence-corrected chi connectivity index (χ1v) is 12.5. The molecule has 1 aromatic carbocycles. The van der Waals surface area contributed by atoms with E-state index in [1.165, 1.54) is 96.3 Å².